The average molecular weight is 385 g/mol. The molecule has 27 heavy (non-hydrogen) atoms. The van der Waals surface area contributed by atoms with E-state index in [9.17, 15) is 10.2 Å². The zero-order valence-corrected chi connectivity index (χ0v) is 17.8. The van der Waals surface area contributed by atoms with Gasteiger partial charge in [0.1, 0.15) is 38.5 Å². The van der Waals surface area contributed by atoms with E-state index < -0.39 is 12.2 Å². The molecule has 0 heterocycles. The van der Waals surface area contributed by atoms with Crippen LogP contribution in [0.3, 0.4) is 0 Å². The highest BCUT2D eigenvalue weighted by molar-refractivity contribution is 5.48. The molecular weight excluding hydrogens is 344 g/mol. The molecule has 0 aromatic heterocycles. The maximum absolute atomic E-state index is 10.2. The van der Waals surface area contributed by atoms with E-state index in [4.69, 9.17) is 9.47 Å². The van der Waals surface area contributed by atoms with Gasteiger partial charge in [-0.1, -0.05) is 26.0 Å². The first-order chi connectivity index (χ1) is 12.7. The van der Waals surface area contributed by atoms with Gasteiger partial charge in [-0.2, -0.15) is 0 Å². The lowest BCUT2D eigenvalue weighted by Crippen LogP contribution is -2.90. The predicted octanol–water partition coefficient (Wildman–Crippen LogP) is 0.233. The summed E-state index contributed by atoms with van der Waals surface area (Å²) in [6.45, 7) is 14.2. The predicted molar refractivity (Wildman–Crippen MR) is 107 cm³/mol. The molecule has 6 N–H and O–H groups in total. The molecule has 0 fully saturated rings. The van der Waals surface area contributed by atoms with Gasteiger partial charge in [-0.25, -0.2) is 0 Å². The molecule has 0 aliphatic carbocycles. The van der Waals surface area contributed by atoms with Crippen LogP contribution in [-0.2, 0) is 0 Å². The van der Waals surface area contributed by atoms with Gasteiger partial charge in [0.2, 0.25) is 0 Å². The standard InChI is InChI=1S/C21H38N2O4/c1-14(2)19-8-7-9-20(26-12-17(24)10-22-15(3)4)21(19)27-13-18(25)11-23-16(5)6/h7-9,14-18,22-25H,10-13H2,1-6H3/p+2/t17-,18-/m1/s1. The molecule has 0 saturated heterocycles. The third kappa shape index (κ3) is 9.42. The zero-order valence-electron chi connectivity index (χ0n) is 17.8. The summed E-state index contributed by atoms with van der Waals surface area (Å²) >= 11 is 0. The number of aliphatic hydroxyl groups excluding tert-OH is 2. The molecule has 0 radical (unpaired) electrons. The van der Waals surface area contributed by atoms with Crippen molar-refractivity contribution in [3.05, 3.63) is 23.8 Å². The van der Waals surface area contributed by atoms with Crippen LogP contribution in [0.4, 0.5) is 0 Å². The smallest absolute Gasteiger partial charge is 0.164 e. The molecule has 0 spiro atoms. The largest absolute Gasteiger partial charge is 0.487 e. The monoisotopic (exact) mass is 384 g/mol. The Morgan fingerprint density at radius 1 is 0.815 bits per heavy atom. The first kappa shape index (κ1) is 23.7. The highest BCUT2D eigenvalue weighted by Crippen LogP contribution is 2.35. The zero-order chi connectivity index (χ0) is 20.4. The quantitative estimate of drug-likeness (QED) is 0.392. The Labute approximate surface area is 164 Å². The maximum Gasteiger partial charge on any atom is 0.164 e. The summed E-state index contributed by atoms with van der Waals surface area (Å²) in [5.41, 5.74) is 1.04. The summed E-state index contributed by atoms with van der Waals surface area (Å²) in [7, 11) is 0. The van der Waals surface area contributed by atoms with Gasteiger partial charge in [0.15, 0.2) is 11.5 Å². The van der Waals surface area contributed by atoms with E-state index in [1.54, 1.807) is 0 Å². The molecule has 1 aromatic rings. The highest BCUT2D eigenvalue weighted by atomic mass is 16.5. The highest BCUT2D eigenvalue weighted by Gasteiger charge is 2.18. The van der Waals surface area contributed by atoms with Crippen LogP contribution in [0, 0.1) is 0 Å². The Balaban J connectivity index is 2.75. The minimum absolute atomic E-state index is 0.213. The van der Waals surface area contributed by atoms with E-state index in [0.29, 0.717) is 36.7 Å². The number of aliphatic hydroxyl groups is 2. The molecule has 0 amide bonds. The van der Waals surface area contributed by atoms with Crippen molar-refractivity contribution < 1.29 is 30.3 Å². The van der Waals surface area contributed by atoms with Gasteiger partial charge in [-0.15, -0.1) is 0 Å². The molecule has 0 aliphatic rings. The van der Waals surface area contributed by atoms with Crippen molar-refractivity contribution in [1.29, 1.82) is 0 Å². The van der Waals surface area contributed by atoms with Crippen LogP contribution in [0.15, 0.2) is 18.2 Å². The van der Waals surface area contributed by atoms with Crippen molar-refractivity contribution in [3.63, 3.8) is 0 Å². The lowest BCUT2D eigenvalue weighted by molar-refractivity contribution is -0.688. The van der Waals surface area contributed by atoms with Crippen molar-refractivity contribution in [2.24, 2.45) is 0 Å². The second-order valence-corrected chi connectivity index (χ2v) is 8.19. The van der Waals surface area contributed by atoms with E-state index in [-0.39, 0.29) is 19.1 Å². The molecule has 0 aliphatic heterocycles. The summed E-state index contributed by atoms with van der Waals surface area (Å²) in [6.07, 6.45) is -1.10. The van der Waals surface area contributed by atoms with E-state index >= 15 is 0 Å². The van der Waals surface area contributed by atoms with Crippen LogP contribution >= 0.6 is 0 Å². The number of quaternary nitrogens is 2. The van der Waals surface area contributed by atoms with Gasteiger partial charge in [0.05, 0.1) is 12.1 Å². The normalized spacial score (nSPS) is 14.0. The van der Waals surface area contributed by atoms with Crippen LogP contribution in [0.5, 0.6) is 11.5 Å². The molecular formula is C21H40N2O4+2. The third-order valence-electron chi connectivity index (χ3n) is 4.24. The second-order valence-electron chi connectivity index (χ2n) is 8.19. The second kappa shape index (κ2) is 12.2. The molecule has 1 aromatic carbocycles. The summed E-state index contributed by atoms with van der Waals surface area (Å²) < 4.78 is 11.8. The number of hydrogen-bond donors (Lipinski definition) is 4. The van der Waals surface area contributed by atoms with E-state index in [0.717, 1.165) is 5.56 Å². The van der Waals surface area contributed by atoms with Crippen molar-refractivity contribution >= 4 is 0 Å². The molecule has 2 atom stereocenters. The molecule has 6 heteroatoms. The van der Waals surface area contributed by atoms with Crippen molar-refractivity contribution in [1.82, 2.24) is 0 Å². The van der Waals surface area contributed by atoms with Gasteiger partial charge in [-0.3, -0.25) is 0 Å². The molecule has 0 bridgehead atoms. The van der Waals surface area contributed by atoms with Gasteiger partial charge >= 0.3 is 0 Å². The SMILES string of the molecule is CC(C)[NH2+]C[C@@H](O)COc1cccc(C(C)C)c1OC[C@H](O)C[NH2+]C(C)C. The molecule has 6 nitrogen and oxygen atoms in total. The van der Waals surface area contributed by atoms with Crippen molar-refractivity contribution in [2.75, 3.05) is 26.3 Å². The summed E-state index contributed by atoms with van der Waals surface area (Å²) in [6, 6.07) is 6.68. The number of benzene rings is 1. The van der Waals surface area contributed by atoms with E-state index in [1.807, 2.05) is 18.2 Å². The Morgan fingerprint density at radius 3 is 1.81 bits per heavy atom. The molecule has 1 rings (SSSR count). The van der Waals surface area contributed by atoms with Crippen LogP contribution in [0.25, 0.3) is 0 Å². The minimum Gasteiger partial charge on any atom is -0.487 e. The first-order valence-electron chi connectivity index (χ1n) is 10.1. The number of para-hydroxylation sites is 1. The lowest BCUT2D eigenvalue weighted by Gasteiger charge is -2.20. The van der Waals surface area contributed by atoms with Crippen LogP contribution in [0.2, 0.25) is 0 Å². The Bertz CT molecular complexity index is 535. The number of rotatable bonds is 13. The van der Waals surface area contributed by atoms with Gasteiger partial charge in [0.25, 0.3) is 0 Å². The summed E-state index contributed by atoms with van der Waals surface area (Å²) in [5.74, 6) is 1.54. The lowest BCUT2D eigenvalue weighted by atomic mass is 10.0. The summed E-state index contributed by atoms with van der Waals surface area (Å²) in [5, 5.41) is 24.5. The first-order valence-corrected chi connectivity index (χ1v) is 10.1. The molecule has 0 saturated carbocycles. The fraction of sp³-hybridized carbons (Fsp3) is 0.714. The number of nitrogens with two attached hydrogens (primary N) is 2. The fourth-order valence-corrected chi connectivity index (χ4v) is 2.62. The van der Waals surface area contributed by atoms with Gasteiger partial charge in [-0.05, 0) is 39.7 Å². The average Bonchev–Trinajstić information content (AvgIpc) is 2.61. The molecule has 0 unspecified atom stereocenters. The Morgan fingerprint density at radius 2 is 1.33 bits per heavy atom. The van der Waals surface area contributed by atoms with Crippen molar-refractivity contribution in [2.45, 2.75) is 71.8 Å². The topological polar surface area (TPSA) is 92.1 Å². The van der Waals surface area contributed by atoms with Crippen LogP contribution in [0.1, 0.15) is 53.0 Å². The van der Waals surface area contributed by atoms with Crippen molar-refractivity contribution in [3.8, 4) is 11.5 Å². The molecule has 156 valence electrons. The third-order valence-corrected chi connectivity index (χ3v) is 4.24. The summed E-state index contributed by atoms with van der Waals surface area (Å²) in [4.78, 5) is 0. The van der Waals surface area contributed by atoms with E-state index in [2.05, 4.69) is 52.2 Å². The fourth-order valence-electron chi connectivity index (χ4n) is 2.62. The Kier molecular flexibility index (Phi) is 10.7. The van der Waals surface area contributed by atoms with Crippen LogP contribution in [-0.4, -0.2) is 60.8 Å². The minimum atomic E-state index is -0.549. The Hall–Kier alpha value is -1.34. The maximum atomic E-state index is 10.2. The van der Waals surface area contributed by atoms with Gasteiger partial charge < -0.3 is 30.3 Å². The van der Waals surface area contributed by atoms with E-state index in [1.165, 1.54) is 0 Å². The number of hydrogen-bond acceptors (Lipinski definition) is 4. The van der Waals surface area contributed by atoms with Crippen LogP contribution < -0.4 is 20.1 Å². The van der Waals surface area contributed by atoms with Gasteiger partial charge in [0, 0.05) is 5.56 Å². The number of ether oxygens (including phenoxy) is 2.